The molecule has 5 aliphatic carbocycles. The average Bonchev–Trinajstić information content (AvgIpc) is 3.51. The number of imidazole rings is 2. The van der Waals surface area contributed by atoms with Crippen LogP contribution < -0.4 is 0 Å². The van der Waals surface area contributed by atoms with E-state index < -0.39 is 5.92 Å². The van der Waals surface area contributed by atoms with Gasteiger partial charge >= 0.3 is 0 Å². The zero-order chi connectivity index (χ0) is 28.3. The molecule has 4 saturated carbocycles. The molecule has 2 bridgehead atoms. The van der Waals surface area contributed by atoms with E-state index in [-0.39, 0.29) is 81.8 Å². The standard InChI is InChI=1S/C36H30F2N4.2Np/c1-34(12-13-34)10-9-32-39-20-31(42-32)24-3-6-26-25-5-2-22(14-27(25)36(37,38)28(26)15-24)23-4-7-29-30(16-23)41-33(40-29)19-35-11-8-21(17-35)18-35;;/h2-9,14-16,19-21H,1,10-13,17-18H2,(H,39,42)(H,40,41);;/q-4;;. The van der Waals surface area contributed by atoms with Gasteiger partial charge in [0, 0.05) is 82.8 Å². The molecular formula is C36H30F2N4Np2-4. The Labute approximate surface area is 301 Å². The fraction of sp³-hybridized carbons (Fsp3) is 0.278. The van der Waals surface area contributed by atoms with E-state index in [1.165, 1.54) is 12.8 Å². The van der Waals surface area contributed by atoms with Gasteiger partial charge in [-0.2, -0.15) is 38.4 Å². The summed E-state index contributed by atoms with van der Waals surface area (Å²) in [7, 11) is 0. The Balaban J connectivity index is 0.00000156. The van der Waals surface area contributed by atoms with Crippen LogP contribution in [0.15, 0.2) is 60.8 Å². The summed E-state index contributed by atoms with van der Waals surface area (Å²) in [5, 5.41) is 0. The van der Waals surface area contributed by atoms with Crippen LogP contribution in [0.4, 0.5) is 8.78 Å². The average molecular weight is 1030 g/mol. The van der Waals surface area contributed by atoms with Crippen LogP contribution in [0.1, 0.15) is 61.3 Å². The van der Waals surface area contributed by atoms with Gasteiger partial charge in [-0.25, -0.2) is 0 Å². The Kier molecular flexibility index (Phi) is 7.49. The molecule has 2 radical (unpaired) electrons. The molecule has 222 valence electrons. The molecule has 0 amide bonds. The first kappa shape index (κ1) is 30.6. The molecule has 0 aliphatic heterocycles. The van der Waals surface area contributed by atoms with Crippen LogP contribution in [0.25, 0.3) is 44.5 Å². The smallest absolute Gasteiger partial charge is 0.299 e. The Morgan fingerprint density at radius 3 is 2.27 bits per heavy atom. The van der Waals surface area contributed by atoms with E-state index in [1.807, 2.05) is 42.5 Å². The number of nitrogens with one attached hydrogen (secondary N) is 2. The molecule has 10 rings (SSSR count). The first-order valence-corrected chi connectivity index (χ1v) is 14.9. The zero-order valence-corrected chi connectivity index (χ0v) is 31.5. The summed E-state index contributed by atoms with van der Waals surface area (Å²) in [6.07, 6.45) is 15.2. The van der Waals surface area contributed by atoms with Gasteiger partial charge in [0.15, 0.2) is 0 Å². The number of alkyl halides is 2. The van der Waals surface area contributed by atoms with Crippen molar-refractivity contribution in [2.75, 3.05) is 0 Å². The van der Waals surface area contributed by atoms with E-state index in [0.29, 0.717) is 16.7 Å². The topological polar surface area (TPSA) is 57.4 Å². The fourth-order valence-corrected chi connectivity index (χ4v) is 7.31. The molecule has 8 heteroatoms. The van der Waals surface area contributed by atoms with Crippen molar-refractivity contribution in [2.24, 2.45) is 16.7 Å². The molecule has 5 aromatic rings. The van der Waals surface area contributed by atoms with E-state index in [4.69, 9.17) is 4.98 Å². The minimum Gasteiger partial charge on any atom is -0.368 e. The normalized spacial score (nSPS) is 22.8. The number of hydrogen-bond donors (Lipinski definition) is 2. The number of fused-ring (bicyclic) bond motifs is 5. The molecule has 0 atom stereocenters. The van der Waals surface area contributed by atoms with Crippen molar-refractivity contribution in [3.63, 3.8) is 0 Å². The van der Waals surface area contributed by atoms with Crippen molar-refractivity contribution in [1.82, 2.24) is 19.9 Å². The summed E-state index contributed by atoms with van der Waals surface area (Å²) < 4.78 is 32.0. The van der Waals surface area contributed by atoms with Crippen molar-refractivity contribution < 1.29 is 68.7 Å². The molecule has 0 saturated heterocycles. The number of rotatable bonds is 7. The quantitative estimate of drug-likeness (QED) is 0.160. The molecule has 4 fully saturated rings. The zero-order valence-electron chi connectivity index (χ0n) is 24.1. The monoisotopic (exact) mass is 1030 g/mol. The summed E-state index contributed by atoms with van der Waals surface area (Å²) in [6.45, 7) is 4.23. The Bertz CT molecular complexity index is 1890. The maximum atomic E-state index is 16.0. The number of nitrogens with zero attached hydrogens (tertiary/aromatic N) is 2. The van der Waals surface area contributed by atoms with Crippen LogP contribution in [-0.4, -0.2) is 19.9 Å². The molecule has 44 heavy (non-hydrogen) atoms. The molecule has 2 N–H and O–H groups in total. The predicted octanol–water partition coefficient (Wildman–Crippen LogP) is 8.85. The summed E-state index contributed by atoms with van der Waals surface area (Å²) in [4.78, 5) is 16.0. The third-order valence-corrected chi connectivity index (χ3v) is 10.1. The van der Waals surface area contributed by atoms with Crippen LogP contribution >= 0.6 is 0 Å². The van der Waals surface area contributed by atoms with E-state index in [0.717, 1.165) is 71.1 Å². The largest absolute Gasteiger partial charge is 0.368 e. The first-order valence-electron chi connectivity index (χ1n) is 14.9. The van der Waals surface area contributed by atoms with Crippen LogP contribution in [-0.2, 0) is 5.92 Å². The van der Waals surface area contributed by atoms with Crippen molar-refractivity contribution in [2.45, 2.75) is 44.4 Å². The fourth-order valence-electron chi connectivity index (χ4n) is 7.31. The van der Waals surface area contributed by atoms with Crippen molar-refractivity contribution in [3.8, 4) is 33.5 Å². The minimum atomic E-state index is -3.10. The second kappa shape index (κ2) is 10.8. The summed E-state index contributed by atoms with van der Waals surface area (Å²) >= 11 is 0. The first-order chi connectivity index (χ1) is 20.3. The SMILES string of the molecule is [CH2-]C1(C[CH-]c2ncc(-c3ccc4c(c3)C(F)(F)c3cc(-c5ccc6nc([CH-]C78C[CH-]C(C7)C8)[nH]c6c5)ccc3-4)[nH]2)CC1.[Np].[Np]. The van der Waals surface area contributed by atoms with Crippen LogP contribution in [0.3, 0.4) is 0 Å². The molecule has 3 aromatic carbocycles. The van der Waals surface area contributed by atoms with Crippen molar-refractivity contribution in [3.05, 3.63) is 110 Å². The molecule has 5 aliphatic rings. The number of H-pyrrole nitrogens is 2. The second-order valence-electron chi connectivity index (χ2n) is 13.2. The minimum absolute atomic E-state index is 0. The molecule has 2 heterocycles. The van der Waals surface area contributed by atoms with Gasteiger partial charge in [0.2, 0.25) is 0 Å². The Morgan fingerprint density at radius 2 is 1.57 bits per heavy atom. The van der Waals surface area contributed by atoms with E-state index >= 15 is 8.78 Å². The van der Waals surface area contributed by atoms with Crippen LogP contribution in [0, 0.1) is 103 Å². The third-order valence-electron chi connectivity index (χ3n) is 10.1. The number of hydrogen-bond acceptors (Lipinski definition) is 2. The van der Waals surface area contributed by atoms with E-state index in [9.17, 15) is 0 Å². The van der Waals surface area contributed by atoms with Gasteiger partial charge in [-0.15, -0.1) is 0 Å². The summed E-state index contributed by atoms with van der Waals surface area (Å²) in [5.41, 5.74) is 6.57. The van der Waals surface area contributed by atoms with Gasteiger partial charge in [0.25, 0.3) is 5.92 Å². The van der Waals surface area contributed by atoms with Gasteiger partial charge < -0.3 is 36.2 Å². The van der Waals surface area contributed by atoms with Gasteiger partial charge in [0.05, 0.1) is 16.7 Å². The molecule has 0 spiro atoms. The van der Waals surface area contributed by atoms with Crippen molar-refractivity contribution in [1.29, 1.82) is 0 Å². The molecule has 0 unspecified atom stereocenters. The summed E-state index contributed by atoms with van der Waals surface area (Å²) in [6, 6.07) is 16.7. The van der Waals surface area contributed by atoms with Gasteiger partial charge in [-0.3, -0.25) is 9.97 Å². The maximum Gasteiger partial charge on any atom is 0.299 e. The number of benzene rings is 3. The molecule has 4 nitrogen and oxygen atoms in total. The van der Waals surface area contributed by atoms with Crippen LogP contribution in [0.2, 0.25) is 0 Å². The van der Waals surface area contributed by atoms with E-state index in [1.54, 1.807) is 18.3 Å². The van der Waals surface area contributed by atoms with Gasteiger partial charge in [0.1, 0.15) is 0 Å². The third kappa shape index (κ3) is 5.02. The van der Waals surface area contributed by atoms with Crippen molar-refractivity contribution >= 4 is 11.0 Å². The summed E-state index contributed by atoms with van der Waals surface area (Å²) in [5.74, 6) is -0.670. The van der Waals surface area contributed by atoms with Gasteiger partial charge in [-0.05, 0) is 58.2 Å². The molecular weight excluding hydrogens is 1000 g/mol. The van der Waals surface area contributed by atoms with Gasteiger partial charge in [-0.1, -0.05) is 56.0 Å². The number of aromatic nitrogens is 4. The Hall–Kier alpha value is -2.03. The van der Waals surface area contributed by atoms with E-state index in [2.05, 4.69) is 41.1 Å². The number of aromatic amines is 2. The maximum absolute atomic E-state index is 16.0. The van der Waals surface area contributed by atoms with Crippen LogP contribution in [0.5, 0.6) is 0 Å². The second-order valence-corrected chi connectivity index (χ2v) is 13.2. The predicted molar refractivity (Wildman–Crippen MR) is 160 cm³/mol. The Morgan fingerprint density at radius 1 is 0.886 bits per heavy atom. The molecule has 2 aromatic heterocycles. The number of halogens is 2.